The summed E-state index contributed by atoms with van der Waals surface area (Å²) in [4.78, 5) is 27.9. The van der Waals surface area contributed by atoms with Crippen molar-refractivity contribution in [2.75, 3.05) is 18.4 Å². The standard InChI is InChI=1S/C18H20N6O/c1-11-6-14-15(12-7-20-10-21-8-12)9-22-17(16(14)24-18(11)25)23-13-2-4-19-5-3-13/h6-10,13,19H,2-5H2,1H3,(H,22,23)(H,24,25). The van der Waals surface area contributed by atoms with E-state index in [0.717, 1.165) is 53.8 Å². The van der Waals surface area contributed by atoms with Gasteiger partial charge in [-0.1, -0.05) is 0 Å². The van der Waals surface area contributed by atoms with Gasteiger partial charge < -0.3 is 15.6 Å². The molecule has 0 spiro atoms. The zero-order valence-electron chi connectivity index (χ0n) is 14.0. The van der Waals surface area contributed by atoms with Crippen molar-refractivity contribution in [2.24, 2.45) is 0 Å². The van der Waals surface area contributed by atoms with E-state index in [1.807, 2.05) is 19.2 Å². The number of hydrogen-bond donors (Lipinski definition) is 3. The fourth-order valence-corrected chi connectivity index (χ4v) is 3.23. The Morgan fingerprint density at radius 3 is 2.68 bits per heavy atom. The predicted molar refractivity (Wildman–Crippen MR) is 97.6 cm³/mol. The van der Waals surface area contributed by atoms with Gasteiger partial charge in [0.15, 0.2) is 5.82 Å². The molecule has 128 valence electrons. The summed E-state index contributed by atoms with van der Waals surface area (Å²) in [6.07, 6.45) is 8.90. The Morgan fingerprint density at radius 1 is 1.16 bits per heavy atom. The average molecular weight is 336 g/mol. The lowest BCUT2D eigenvalue weighted by Crippen LogP contribution is -2.35. The SMILES string of the molecule is Cc1cc2c(-c3cncnc3)cnc(NC3CCNCC3)c2[nH]c1=O. The molecule has 1 saturated heterocycles. The fraction of sp³-hybridized carbons (Fsp3) is 0.333. The topological polar surface area (TPSA) is 95.6 Å². The van der Waals surface area contributed by atoms with Gasteiger partial charge in [0, 0.05) is 46.7 Å². The van der Waals surface area contributed by atoms with Crippen LogP contribution in [0.4, 0.5) is 5.82 Å². The Bertz CT molecular complexity index is 947. The molecule has 7 heteroatoms. The maximum Gasteiger partial charge on any atom is 0.251 e. The summed E-state index contributed by atoms with van der Waals surface area (Å²) in [7, 11) is 0. The molecule has 1 aliphatic rings. The highest BCUT2D eigenvalue weighted by atomic mass is 16.1. The molecule has 3 aromatic heterocycles. The molecule has 3 N–H and O–H groups in total. The van der Waals surface area contributed by atoms with Crippen LogP contribution in [0.1, 0.15) is 18.4 Å². The number of H-pyrrole nitrogens is 1. The first-order chi connectivity index (χ1) is 12.2. The summed E-state index contributed by atoms with van der Waals surface area (Å²) in [6.45, 7) is 3.79. The largest absolute Gasteiger partial charge is 0.366 e. The predicted octanol–water partition coefficient (Wildman–Crippen LogP) is 1.85. The molecule has 1 fully saturated rings. The van der Waals surface area contributed by atoms with Gasteiger partial charge >= 0.3 is 0 Å². The molecule has 0 aliphatic carbocycles. The van der Waals surface area contributed by atoms with Crippen LogP contribution in [0.5, 0.6) is 0 Å². The van der Waals surface area contributed by atoms with Gasteiger partial charge in [-0.15, -0.1) is 0 Å². The molecule has 0 atom stereocenters. The van der Waals surface area contributed by atoms with Crippen molar-refractivity contribution >= 4 is 16.7 Å². The molecule has 0 radical (unpaired) electrons. The first-order valence-corrected chi connectivity index (χ1v) is 8.47. The van der Waals surface area contributed by atoms with Crippen LogP contribution in [-0.4, -0.2) is 39.1 Å². The van der Waals surface area contributed by atoms with Crippen molar-refractivity contribution in [1.29, 1.82) is 0 Å². The van der Waals surface area contributed by atoms with Gasteiger partial charge in [-0.3, -0.25) is 4.79 Å². The van der Waals surface area contributed by atoms with Crippen molar-refractivity contribution in [1.82, 2.24) is 25.3 Å². The smallest absolute Gasteiger partial charge is 0.251 e. The number of piperidine rings is 1. The highest BCUT2D eigenvalue weighted by Crippen LogP contribution is 2.30. The molecule has 0 aromatic carbocycles. The number of nitrogens with one attached hydrogen (secondary N) is 3. The quantitative estimate of drug-likeness (QED) is 0.676. The second-order valence-corrected chi connectivity index (χ2v) is 6.39. The van der Waals surface area contributed by atoms with Crippen LogP contribution in [0.3, 0.4) is 0 Å². The summed E-state index contributed by atoms with van der Waals surface area (Å²) >= 11 is 0. The van der Waals surface area contributed by atoms with Crippen molar-refractivity contribution in [3.8, 4) is 11.1 Å². The lowest BCUT2D eigenvalue weighted by Gasteiger charge is -2.25. The van der Waals surface area contributed by atoms with E-state index in [1.54, 1.807) is 12.4 Å². The number of rotatable bonds is 3. The van der Waals surface area contributed by atoms with E-state index in [0.29, 0.717) is 11.6 Å². The lowest BCUT2D eigenvalue weighted by molar-refractivity contribution is 0.478. The number of nitrogens with zero attached hydrogens (tertiary/aromatic N) is 3. The Morgan fingerprint density at radius 2 is 1.92 bits per heavy atom. The van der Waals surface area contributed by atoms with Crippen LogP contribution in [0, 0.1) is 6.92 Å². The van der Waals surface area contributed by atoms with Gasteiger partial charge in [-0.05, 0) is 38.9 Å². The minimum atomic E-state index is -0.0934. The van der Waals surface area contributed by atoms with Crippen LogP contribution in [0.2, 0.25) is 0 Å². The van der Waals surface area contributed by atoms with Crippen LogP contribution in [0.15, 0.2) is 35.8 Å². The molecular weight excluding hydrogens is 316 g/mol. The van der Waals surface area contributed by atoms with Gasteiger partial charge in [0.1, 0.15) is 6.33 Å². The van der Waals surface area contributed by atoms with E-state index in [-0.39, 0.29) is 5.56 Å². The van der Waals surface area contributed by atoms with Crippen LogP contribution in [0.25, 0.3) is 22.0 Å². The Hall–Kier alpha value is -2.80. The summed E-state index contributed by atoms with van der Waals surface area (Å²) in [5.41, 5.74) is 3.09. The number of pyridine rings is 2. The van der Waals surface area contributed by atoms with Crippen molar-refractivity contribution in [3.05, 3.63) is 46.9 Å². The second-order valence-electron chi connectivity index (χ2n) is 6.39. The first-order valence-electron chi connectivity index (χ1n) is 8.47. The van der Waals surface area contributed by atoms with Gasteiger partial charge in [0.2, 0.25) is 0 Å². The van der Waals surface area contributed by atoms with Gasteiger partial charge in [-0.25, -0.2) is 15.0 Å². The third-order valence-corrected chi connectivity index (χ3v) is 4.63. The van der Waals surface area contributed by atoms with E-state index in [4.69, 9.17) is 0 Å². The summed E-state index contributed by atoms with van der Waals surface area (Å²) in [5, 5.41) is 7.79. The van der Waals surface area contributed by atoms with Crippen molar-refractivity contribution in [3.63, 3.8) is 0 Å². The summed E-state index contributed by atoms with van der Waals surface area (Å²) < 4.78 is 0. The number of hydrogen-bond acceptors (Lipinski definition) is 6. The highest BCUT2D eigenvalue weighted by molar-refractivity contribution is 5.99. The fourth-order valence-electron chi connectivity index (χ4n) is 3.23. The maximum atomic E-state index is 12.2. The zero-order chi connectivity index (χ0) is 17.2. The van der Waals surface area contributed by atoms with E-state index in [9.17, 15) is 4.79 Å². The lowest BCUT2D eigenvalue weighted by atomic mass is 10.0. The second kappa shape index (κ2) is 6.60. The molecule has 0 saturated carbocycles. The number of aromatic amines is 1. The third-order valence-electron chi connectivity index (χ3n) is 4.63. The molecule has 4 rings (SSSR count). The molecule has 3 aromatic rings. The number of fused-ring (bicyclic) bond motifs is 1. The number of aryl methyl sites for hydroxylation is 1. The maximum absolute atomic E-state index is 12.2. The molecular formula is C18H20N6O. The van der Waals surface area contributed by atoms with Crippen molar-refractivity contribution in [2.45, 2.75) is 25.8 Å². The van der Waals surface area contributed by atoms with Gasteiger partial charge in [0.25, 0.3) is 5.56 Å². The summed E-state index contributed by atoms with van der Waals surface area (Å²) in [5.74, 6) is 0.722. The zero-order valence-corrected chi connectivity index (χ0v) is 14.0. The Labute approximate surface area is 144 Å². The van der Waals surface area contributed by atoms with Crippen LogP contribution >= 0.6 is 0 Å². The average Bonchev–Trinajstić information content (AvgIpc) is 2.65. The third kappa shape index (κ3) is 3.10. The van der Waals surface area contributed by atoms with E-state index in [1.165, 1.54) is 6.33 Å². The molecule has 0 bridgehead atoms. The molecule has 25 heavy (non-hydrogen) atoms. The van der Waals surface area contributed by atoms with Crippen LogP contribution < -0.4 is 16.2 Å². The highest BCUT2D eigenvalue weighted by Gasteiger charge is 2.17. The molecule has 7 nitrogen and oxygen atoms in total. The normalized spacial score (nSPS) is 15.4. The van der Waals surface area contributed by atoms with Gasteiger partial charge in [-0.2, -0.15) is 0 Å². The minimum Gasteiger partial charge on any atom is -0.366 e. The molecule has 1 aliphatic heterocycles. The molecule has 0 unspecified atom stereocenters. The van der Waals surface area contributed by atoms with E-state index < -0.39 is 0 Å². The minimum absolute atomic E-state index is 0.0934. The summed E-state index contributed by atoms with van der Waals surface area (Å²) in [6, 6.07) is 2.26. The number of aromatic nitrogens is 4. The van der Waals surface area contributed by atoms with E-state index in [2.05, 4.69) is 30.6 Å². The molecule has 4 heterocycles. The van der Waals surface area contributed by atoms with Gasteiger partial charge in [0.05, 0.1) is 5.52 Å². The van der Waals surface area contributed by atoms with Crippen molar-refractivity contribution < 1.29 is 0 Å². The van der Waals surface area contributed by atoms with Crippen LogP contribution in [-0.2, 0) is 0 Å². The molecule has 0 amide bonds. The van der Waals surface area contributed by atoms with E-state index >= 15 is 0 Å². The number of anilines is 1. The monoisotopic (exact) mass is 336 g/mol. The first kappa shape index (κ1) is 15.7. The Balaban J connectivity index is 1.85. The Kier molecular flexibility index (Phi) is 4.15.